The van der Waals surface area contributed by atoms with Crippen LogP contribution in [0.2, 0.25) is 5.02 Å². The predicted octanol–water partition coefficient (Wildman–Crippen LogP) is 4.73. The van der Waals surface area contributed by atoms with Gasteiger partial charge in [0.2, 0.25) is 11.8 Å². The second kappa shape index (κ2) is 15.4. The van der Waals surface area contributed by atoms with Gasteiger partial charge in [-0.05, 0) is 79.6 Å². The van der Waals surface area contributed by atoms with E-state index in [-0.39, 0.29) is 23.5 Å². The number of nitrogens with zero attached hydrogens (tertiary/aromatic N) is 3. The number of benzene rings is 2. The Kier molecular flexibility index (Phi) is 11.3. The Morgan fingerprint density at radius 1 is 1.00 bits per heavy atom. The van der Waals surface area contributed by atoms with E-state index in [4.69, 9.17) is 11.6 Å². The average molecular weight is 674 g/mol. The molecule has 1 aliphatic carbocycles. The van der Waals surface area contributed by atoms with Gasteiger partial charge in [-0.1, -0.05) is 54.8 Å². The number of ketones is 1. The quantitative estimate of drug-likeness (QED) is 0.224. The van der Waals surface area contributed by atoms with E-state index in [0.717, 1.165) is 42.4 Å². The fourth-order valence-corrected chi connectivity index (χ4v) is 7.30. The fourth-order valence-electron chi connectivity index (χ4n) is 7.17. The van der Waals surface area contributed by atoms with Crippen LogP contribution in [-0.4, -0.2) is 63.4 Å². The number of carbonyl (C=O) groups excluding carboxylic acids is 4. The topological polar surface area (TPSA) is 132 Å². The SMILES string of the molecule is CC(=O)NCCC1(C(O)NC(Cc2ccc(N3C(=O)C(Cc4cccnc4)N(C(C)=O)C3c3ccc(Cl)cc3)cc2)C(C)=O)CCCC1. The molecule has 1 saturated heterocycles. The Morgan fingerprint density at radius 3 is 2.27 bits per heavy atom. The number of halogens is 1. The molecule has 48 heavy (non-hydrogen) atoms. The molecule has 4 unspecified atom stereocenters. The minimum absolute atomic E-state index is 0.0963. The molecule has 3 amide bonds. The summed E-state index contributed by atoms with van der Waals surface area (Å²) in [5, 5.41) is 18.0. The van der Waals surface area contributed by atoms with Crippen LogP contribution in [0.4, 0.5) is 5.69 Å². The largest absolute Gasteiger partial charge is 0.378 e. The molecule has 4 atom stereocenters. The Hall–Kier alpha value is -4.12. The van der Waals surface area contributed by atoms with Crippen molar-refractivity contribution >= 4 is 40.8 Å². The third-order valence-corrected chi connectivity index (χ3v) is 9.98. The van der Waals surface area contributed by atoms with E-state index in [1.165, 1.54) is 20.8 Å². The van der Waals surface area contributed by atoms with Gasteiger partial charge in [0, 0.05) is 55.3 Å². The third-order valence-electron chi connectivity index (χ3n) is 9.73. The maximum Gasteiger partial charge on any atom is 0.252 e. The second-order valence-corrected chi connectivity index (χ2v) is 13.5. The normalized spacial score (nSPS) is 20.1. The van der Waals surface area contributed by atoms with Crippen LogP contribution in [0.15, 0.2) is 73.1 Å². The van der Waals surface area contributed by atoms with E-state index >= 15 is 0 Å². The molecular weight excluding hydrogens is 630 g/mol. The molecule has 1 aliphatic heterocycles. The molecule has 2 heterocycles. The number of anilines is 1. The number of nitrogens with one attached hydrogen (secondary N) is 2. The van der Waals surface area contributed by atoms with E-state index < -0.39 is 29.9 Å². The van der Waals surface area contributed by atoms with E-state index in [0.29, 0.717) is 36.5 Å². The highest BCUT2D eigenvalue weighted by Crippen LogP contribution is 2.44. The summed E-state index contributed by atoms with van der Waals surface area (Å²) in [5.41, 5.74) is 2.63. The lowest BCUT2D eigenvalue weighted by molar-refractivity contribution is -0.134. The summed E-state index contributed by atoms with van der Waals surface area (Å²) < 4.78 is 0. The predicted molar refractivity (Wildman–Crippen MR) is 184 cm³/mol. The summed E-state index contributed by atoms with van der Waals surface area (Å²) in [6.07, 6.45) is 6.66. The third kappa shape index (κ3) is 7.94. The lowest BCUT2D eigenvalue weighted by atomic mass is 9.80. The summed E-state index contributed by atoms with van der Waals surface area (Å²) in [6, 6.07) is 16.9. The molecule has 11 heteroatoms. The van der Waals surface area contributed by atoms with Crippen LogP contribution in [0.5, 0.6) is 0 Å². The van der Waals surface area contributed by atoms with Crippen molar-refractivity contribution < 1.29 is 24.3 Å². The molecule has 3 aromatic rings. The van der Waals surface area contributed by atoms with Gasteiger partial charge in [-0.15, -0.1) is 0 Å². The van der Waals surface area contributed by atoms with Crippen LogP contribution in [0.25, 0.3) is 0 Å². The number of aromatic nitrogens is 1. The van der Waals surface area contributed by atoms with Crippen LogP contribution >= 0.6 is 11.6 Å². The lowest BCUT2D eigenvalue weighted by Gasteiger charge is -2.37. The molecule has 5 rings (SSSR count). The molecule has 3 N–H and O–H groups in total. The summed E-state index contributed by atoms with van der Waals surface area (Å²) >= 11 is 6.20. The highest BCUT2D eigenvalue weighted by Gasteiger charge is 2.49. The summed E-state index contributed by atoms with van der Waals surface area (Å²) in [4.78, 5) is 59.1. The van der Waals surface area contributed by atoms with E-state index in [2.05, 4.69) is 15.6 Å². The fraction of sp³-hybridized carbons (Fsp3) is 0.432. The van der Waals surface area contributed by atoms with Crippen LogP contribution < -0.4 is 15.5 Å². The molecule has 0 spiro atoms. The summed E-state index contributed by atoms with van der Waals surface area (Å²) in [5.74, 6) is -0.651. The van der Waals surface area contributed by atoms with E-state index in [1.807, 2.05) is 48.5 Å². The molecule has 1 aromatic heterocycles. The van der Waals surface area contributed by atoms with Crippen molar-refractivity contribution in [2.24, 2.45) is 5.41 Å². The van der Waals surface area contributed by atoms with E-state index in [1.54, 1.807) is 34.3 Å². The Labute approximate surface area is 286 Å². The second-order valence-electron chi connectivity index (χ2n) is 13.0. The lowest BCUT2D eigenvalue weighted by Crippen LogP contribution is -2.52. The van der Waals surface area contributed by atoms with Gasteiger partial charge in [-0.2, -0.15) is 0 Å². The smallest absolute Gasteiger partial charge is 0.252 e. The first-order chi connectivity index (χ1) is 23.0. The average Bonchev–Trinajstić information content (AvgIpc) is 3.65. The number of hydrogen-bond donors (Lipinski definition) is 3. The molecule has 254 valence electrons. The number of Topliss-reactive ketones (excluding diaryl/α,β-unsaturated/α-hetero) is 1. The van der Waals surface area contributed by atoms with Gasteiger partial charge in [0.25, 0.3) is 5.91 Å². The molecule has 0 radical (unpaired) electrons. The number of carbonyl (C=O) groups is 4. The van der Waals surface area contributed by atoms with Gasteiger partial charge in [0.1, 0.15) is 24.2 Å². The van der Waals surface area contributed by atoms with Gasteiger partial charge in [-0.3, -0.25) is 34.4 Å². The minimum Gasteiger partial charge on any atom is -0.378 e. The first-order valence-electron chi connectivity index (χ1n) is 16.5. The van der Waals surface area contributed by atoms with Crippen molar-refractivity contribution in [1.29, 1.82) is 0 Å². The molecule has 0 bridgehead atoms. The standard InChI is InChI=1S/C37H44ClN5O5/c1-24(44)32(41-36(48)37(16-4-5-17-37)18-20-40-25(2)45)21-27-8-14-31(15-9-27)43-34(29-10-12-30(38)13-11-29)42(26(3)46)33(35(43)47)22-28-7-6-19-39-23-28/h6-15,19,23,32-34,36,41,48H,4-5,16-18,20-22H2,1-3H3,(H,40,45). The van der Waals surface area contributed by atoms with Gasteiger partial charge < -0.3 is 15.3 Å². The molecule has 10 nitrogen and oxygen atoms in total. The van der Waals surface area contributed by atoms with Crippen LogP contribution in [-0.2, 0) is 32.0 Å². The number of pyridine rings is 1. The van der Waals surface area contributed by atoms with Crippen molar-refractivity contribution in [3.63, 3.8) is 0 Å². The molecule has 2 fully saturated rings. The summed E-state index contributed by atoms with van der Waals surface area (Å²) in [7, 11) is 0. The Balaban J connectivity index is 1.38. The van der Waals surface area contributed by atoms with Crippen LogP contribution in [0.1, 0.15) is 75.7 Å². The van der Waals surface area contributed by atoms with Gasteiger partial charge in [0.15, 0.2) is 0 Å². The van der Waals surface area contributed by atoms with E-state index in [9.17, 15) is 24.3 Å². The molecule has 2 aromatic carbocycles. The monoisotopic (exact) mass is 673 g/mol. The molecule has 1 saturated carbocycles. The zero-order valence-corrected chi connectivity index (χ0v) is 28.5. The summed E-state index contributed by atoms with van der Waals surface area (Å²) in [6.45, 7) is 4.93. The van der Waals surface area contributed by atoms with Crippen LogP contribution in [0.3, 0.4) is 0 Å². The zero-order chi connectivity index (χ0) is 34.4. The highest BCUT2D eigenvalue weighted by atomic mass is 35.5. The van der Waals surface area contributed by atoms with Crippen molar-refractivity contribution in [2.45, 2.75) is 90.2 Å². The minimum atomic E-state index is -0.904. The highest BCUT2D eigenvalue weighted by molar-refractivity contribution is 6.30. The Morgan fingerprint density at radius 2 is 1.69 bits per heavy atom. The first-order valence-corrected chi connectivity index (χ1v) is 16.9. The number of aliphatic hydroxyl groups excluding tert-OH is 1. The number of aliphatic hydroxyl groups is 1. The van der Waals surface area contributed by atoms with Gasteiger partial charge in [0.05, 0.1) is 6.04 Å². The van der Waals surface area contributed by atoms with Gasteiger partial charge in [-0.25, -0.2) is 0 Å². The van der Waals surface area contributed by atoms with Crippen molar-refractivity contribution in [3.8, 4) is 0 Å². The van der Waals surface area contributed by atoms with Crippen LogP contribution in [0, 0.1) is 5.41 Å². The zero-order valence-electron chi connectivity index (χ0n) is 27.7. The first kappa shape index (κ1) is 35.2. The number of rotatable bonds is 13. The van der Waals surface area contributed by atoms with Gasteiger partial charge >= 0.3 is 0 Å². The number of hydrogen-bond acceptors (Lipinski definition) is 7. The Bertz CT molecular complexity index is 1590. The van der Waals surface area contributed by atoms with Crippen molar-refractivity contribution in [1.82, 2.24) is 20.5 Å². The molecule has 2 aliphatic rings. The van der Waals surface area contributed by atoms with Crippen molar-refractivity contribution in [2.75, 3.05) is 11.4 Å². The maximum atomic E-state index is 14.2. The number of amides is 3. The maximum absolute atomic E-state index is 14.2. The van der Waals surface area contributed by atoms with Crippen molar-refractivity contribution in [3.05, 3.63) is 94.8 Å². The molecular formula is C37H44ClN5O5.